The molecule has 5 nitrogen and oxygen atoms in total. The van der Waals surface area contributed by atoms with Gasteiger partial charge >= 0.3 is 11.9 Å². The van der Waals surface area contributed by atoms with Crippen molar-refractivity contribution >= 4 is 11.9 Å². The fourth-order valence-electron chi connectivity index (χ4n) is 1.99. The van der Waals surface area contributed by atoms with Gasteiger partial charge in [-0.3, -0.25) is 0 Å². The molecule has 0 amide bonds. The van der Waals surface area contributed by atoms with Crippen molar-refractivity contribution < 1.29 is 24.2 Å². The molecule has 0 aliphatic rings. The Kier molecular flexibility index (Phi) is 4.23. The number of aromatic hydroxyl groups is 1. The van der Waals surface area contributed by atoms with E-state index in [9.17, 15) is 14.7 Å². The second-order valence-electron chi connectivity index (χ2n) is 4.29. The van der Waals surface area contributed by atoms with E-state index in [1.165, 1.54) is 26.4 Å². The largest absolute Gasteiger partial charge is 0.508 e. The van der Waals surface area contributed by atoms with Gasteiger partial charge in [-0.05, 0) is 41.5 Å². The minimum Gasteiger partial charge on any atom is -0.508 e. The van der Waals surface area contributed by atoms with Crippen molar-refractivity contribution in [3.05, 3.63) is 53.6 Å². The lowest BCUT2D eigenvalue weighted by Gasteiger charge is -2.10. The monoisotopic (exact) mass is 286 g/mol. The molecular formula is C16H14O5. The van der Waals surface area contributed by atoms with E-state index in [0.717, 1.165) is 0 Å². The molecular weight excluding hydrogens is 272 g/mol. The molecule has 0 unspecified atom stereocenters. The lowest BCUT2D eigenvalue weighted by molar-refractivity contribution is 0.0593. The zero-order valence-corrected chi connectivity index (χ0v) is 11.6. The highest BCUT2D eigenvalue weighted by Crippen LogP contribution is 2.28. The van der Waals surface area contributed by atoms with Crippen LogP contribution in [0, 0.1) is 0 Å². The highest BCUT2D eigenvalue weighted by molar-refractivity contribution is 5.99. The van der Waals surface area contributed by atoms with Gasteiger partial charge in [-0.25, -0.2) is 9.59 Å². The number of phenols is 1. The van der Waals surface area contributed by atoms with Crippen molar-refractivity contribution in [3.63, 3.8) is 0 Å². The predicted molar refractivity (Wildman–Crippen MR) is 76.2 cm³/mol. The summed E-state index contributed by atoms with van der Waals surface area (Å²) in [5.41, 5.74) is 1.81. The summed E-state index contributed by atoms with van der Waals surface area (Å²) >= 11 is 0. The van der Waals surface area contributed by atoms with Gasteiger partial charge in [-0.15, -0.1) is 0 Å². The van der Waals surface area contributed by atoms with Crippen LogP contribution in [0.3, 0.4) is 0 Å². The molecule has 1 N–H and O–H groups in total. The number of benzene rings is 2. The standard InChI is InChI=1S/C16H14O5/c1-20-15(18)11-5-3-4-10(8-11)13-7-6-12(17)9-14(13)16(19)21-2/h3-9,17H,1-2H3. The Morgan fingerprint density at radius 1 is 0.952 bits per heavy atom. The smallest absolute Gasteiger partial charge is 0.338 e. The Hall–Kier alpha value is -2.82. The summed E-state index contributed by atoms with van der Waals surface area (Å²) in [5.74, 6) is -1.07. The second-order valence-corrected chi connectivity index (χ2v) is 4.29. The number of carbonyl (C=O) groups excluding carboxylic acids is 2. The van der Waals surface area contributed by atoms with Crippen molar-refractivity contribution in [1.82, 2.24) is 0 Å². The number of ether oxygens (including phenoxy) is 2. The molecule has 108 valence electrons. The summed E-state index contributed by atoms with van der Waals surface area (Å²) < 4.78 is 9.39. The molecule has 21 heavy (non-hydrogen) atoms. The molecule has 0 saturated carbocycles. The molecule has 2 aromatic carbocycles. The van der Waals surface area contributed by atoms with E-state index in [4.69, 9.17) is 4.74 Å². The Morgan fingerprint density at radius 2 is 1.67 bits per heavy atom. The summed E-state index contributed by atoms with van der Waals surface area (Å²) in [6.07, 6.45) is 0. The fraction of sp³-hybridized carbons (Fsp3) is 0.125. The quantitative estimate of drug-likeness (QED) is 0.878. The molecule has 2 aromatic rings. The van der Waals surface area contributed by atoms with Gasteiger partial charge in [-0.1, -0.05) is 12.1 Å². The molecule has 0 aromatic heterocycles. The van der Waals surface area contributed by atoms with Crippen LogP contribution in [0.1, 0.15) is 20.7 Å². The molecule has 2 rings (SSSR count). The van der Waals surface area contributed by atoms with Gasteiger partial charge in [0.15, 0.2) is 0 Å². The molecule has 0 atom stereocenters. The summed E-state index contributed by atoms with van der Waals surface area (Å²) in [4.78, 5) is 23.4. The zero-order chi connectivity index (χ0) is 15.4. The third-order valence-corrected chi connectivity index (χ3v) is 3.00. The van der Waals surface area contributed by atoms with E-state index in [2.05, 4.69) is 4.74 Å². The number of carbonyl (C=O) groups is 2. The first kappa shape index (κ1) is 14.6. The minimum absolute atomic E-state index is 0.0386. The normalized spacial score (nSPS) is 10.0. The highest BCUT2D eigenvalue weighted by Gasteiger charge is 2.15. The molecule has 0 aliphatic heterocycles. The highest BCUT2D eigenvalue weighted by atomic mass is 16.5. The maximum Gasteiger partial charge on any atom is 0.338 e. The molecule has 5 heteroatoms. The van der Waals surface area contributed by atoms with Crippen LogP contribution in [0.25, 0.3) is 11.1 Å². The van der Waals surface area contributed by atoms with E-state index >= 15 is 0 Å². The number of esters is 2. The van der Waals surface area contributed by atoms with E-state index < -0.39 is 11.9 Å². The average Bonchev–Trinajstić information content (AvgIpc) is 2.53. The number of methoxy groups -OCH3 is 2. The van der Waals surface area contributed by atoms with Crippen LogP contribution in [0.5, 0.6) is 5.75 Å². The first-order chi connectivity index (χ1) is 10.1. The molecule has 0 bridgehead atoms. The van der Waals surface area contributed by atoms with Crippen molar-refractivity contribution in [3.8, 4) is 16.9 Å². The fourth-order valence-corrected chi connectivity index (χ4v) is 1.99. The topological polar surface area (TPSA) is 72.8 Å². The predicted octanol–water partition coefficient (Wildman–Crippen LogP) is 2.63. The maximum atomic E-state index is 11.8. The van der Waals surface area contributed by atoms with E-state index in [1.54, 1.807) is 30.3 Å². The summed E-state index contributed by atoms with van der Waals surface area (Å²) in [5, 5.41) is 9.53. The Labute approximate surface area is 121 Å². The number of rotatable bonds is 3. The van der Waals surface area contributed by atoms with Crippen molar-refractivity contribution in [2.75, 3.05) is 14.2 Å². The van der Waals surface area contributed by atoms with Crippen LogP contribution in [-0.2, 0) is 9.47 Å². The van der Waals surface area contributed by atoms with Crippen LogP contribution in [0.2, 0.25) is 0 Å². The van der Waals surface area contributed by atoms with Gasteiger partial charge in [0.05, 0.1) is 25.3 Å². The molecule has 0 fully saturated rings. The van der Waals surface area contributed by atoms with E-state index in [1.807, 2.05) is 0 Å². The number of hydrogen-bond acceptors (Lipinski definition) is 5. The third-order valence-electron chi connectivity index (χ3n) is 3.00. The SMILES string of the molecule is COC(=O)c1cccc(-c2ccc(O)cc2C(=O)OC)c1. The lowest BCUT2D eigenvalue weighted by Crippen LogP contribution is -2.04. The molecule has 0 heterocycles. The lowest BCUT2D eigenvalue weighted by atomic mass is 9.98. The summed E-state index contributed by atoms with van der Waals surface area (Å²) in [6, 6.07) is 11.1. The van der Waals surface area contributed by atoms with Crippen molar-refractivity contribution in [2.24, 2.45) is 0 Å². The Balaban J connectivity index is 2.56. The molecule has 0 radical (unpaired) electrons. The Bertz CT molecular complexity index is 691. The van der Waals surface area contributed by atoms with Gasteiger partial charge in [-0.2, -0.15) is 0 Å². The van der Waals surface area contributed by atoms with Gasteiger partial charge in [0.2, 0.25) is 0 Å². The average molecular weight is 286 g/mol. The summed E-state index contributed by atoms with van der Waals surface area (Å²) in [6.45, 7) is 0. The number of hydrogen-bond donors (Lipinski definition) is 1. The molecule has 0 spiro atoms. The van der Waals surface area contributed by atoms with Gasteiger partial charge in [0, 0.05) is 0 Å². The third kappa shape index (κ3) is 3.02. The van der Waals surface area contributed by atoms with Crippen LogP contribution < -0.4 is 0 Å². The van der Waals surface area contributed by atoms with Gasteiger partial charge in [0.25, 0.3) is 0 Å². The molecule has 0 saturated heterocycles. The summed E-state index contributed by atoms with van der Waals surface area (Å²) in [7, 11) is 2.57. The van der Waals surface area contributed by atoms with Gasteiger partial charge < -0.3 is 14.6 Å². The second kappa shape index (κ2) is 6.09. The van der Waals surface area contributed by atoms with E-state index in [0.29, 0.717) is 16.7 Å². The van der Waals surface area contributed by atoms with Crippen LogP contribution in [0.15, 0.2) is 42.5 Å². The zero-order valence-electron chi connectivity index (χ0n) is 11.6. The number of phenolic OH excluding ortho intramolecular Hbond substituents is 1. The maximum absolute atomic E-state index is 11.8. The van der Waals surface area contributed by atoms with E-state index in [-0.39, 0.29) is 11.3 Å². The first-order valence-electron chi connectivity index (χ1n) is 6.17. The van der Waals surface area contributed by atoms with Crippen molar-refractivity contribution in [2.45, 2.75) is 0 Å². The van der Waals surface area contributed by atoms with Crippen molar-refractivity contribution in [1.29, 1.82) is 0 Å². The molecule has 0 aliphatic carbocycles. The van der Waals surface area contributed by atoms with Crippen LogP contribution in [0.4, 0.5) is 0 Å². The minimum atomic E-state index is -0.565. The van der Waals surface area contributed by atoms with Crippen LogP contribution in [-0.4, -0.2) is 31.3 Å². The van der Waals surface area contributed by atoms with Gasteiger partial charge in [0.1, 0.15) is 5.75 Å². The Morgan fingerprint density at radius 3 is 2.33 bits per heavy atom. The first-order valence-corrected chi connectivity index (χ1v) is 6.17. The van der Waals surface area contributed by atoms with Crippen LogP contribution >= 0.6 is 0 Å².